The van der Waals surface area contributed by atoms with E-state index in [0.29, 0.717) is 22.6 Å². The summed E-state index contributed by atoms with van der Waals surface area (Å²) in [6.45, 7) is 0. The fraction of sp³-hybridized carbons (Fsp3) is 0. The number of nitrogens with two attached hydrogens (primary N) is 1. The molecule has 8 nitrogen and oxygen atoms in total. The molecule has 1 aliphatic rings. The Bertz CT molecular complexity index is 1390. The van der Waals surface area contributed by atoms with Crippen molar-refractivity contribution in [1.82, 2.24) is 14.9 Å². The monoisotopic (exact) mass is 406 g/mol. The number of hydrogen-bond acceptors (Lipinski definition) is 6. The van der Waals surface area contributed by atoms with E-state index in [9.17, 15) is 14.4 Å². The molecule has 4 aromatic rings. The molecule has 0 fully saturated rings. The summed E-state index contributed by atoms with van der Waals surface area (Å²) in [5, 5.41) is 2.35. The highest BCUT2D eigenvalue weighted by molar-refractivity contribution is 6.32. The van der Waals surface area contributed by atoms with Crippen molar-refractivity contribution in [3.05, 3.63) is 75.0 Å². The first-order chi connectivity index (χ1) is 13.9. The van der Waals surface area contributed by atoms with Crippen LogP contribution in [0.5, 0.6) is 0 Å². The maximum Gasteiger partial charge on any atom is 0.262 e. The van der Waals surface area contributed by atoms with E-state index in [1.807, 2.05) is 18.2 Å². The van der Waals surface area contributed by atoms with Gasteiger partial charge in [-0.3, -0.25) is 24.3 Å². The van der Waals surface area contributed by atoms with Gasteiger partial charge in [-0.25, -0.2) is 4.98 Å². The van der Waals surface area contributed by atoms with Crippen LogP contribution in [0.1, 0.15) is 20.7 Å². The van der Waals surface area contributed by atoms with Crippen LogP contribution in [0.25, 0.3) is 28.2 Å². The van der Waals surface area contributed by atoms with Gasteiger partial charge in [0.05, 0.1) is 21.8 Å². The van der Waals surface area contributed by atoms with Crippen LogP contribution in [0.15, 0.2) is 57.7 Å². The Kier molecular flexibility index (Phi) is 3.59. The summed E-state index contributed by atoms with van der Waals surface area (Å²) in [5.41, 5.74) is 7.48. The van der Waals surface area contributed by atoms with Gasteiger partial charge in [0, 0.05) is 11.6 Å². The number of aromatic nitrogens is 2. The van der Waals surface area contributed by atoms with Crippen molar-refractivity contribution < 1.29 is 14.0 Å². The van der Waals surface area contributed by atoms with Gasteiger partial charge in [0.25, 0.3) is 17.4 Å². The maximum absolute atomic E-state index is 12.7. The molecule has 2 aromatic carbocycles. The van der Waals surface area contributed by atoms with Crippen LogP contribution in [0.3, 0.4) is 0 Å². The molecule has 0 radical (unpaired) electrons. The minimum absolute atomic E-state index is 0.0556. The molecule has 0 aliphatic carbocycles. The van der Waals surface area contributed by atoms with E-state index in [4.69, 9.17) is 21.8 Å². The second-order valence-electron chi connectivity index (χ2n) is 6.43. The molecule has 0 saturated carbocycles. The van der Waals surface area contributed by atoms with E-state index in [0.717, 1.165) is 10.6 Å². The zero-order valence-corrected chi connectivity index (χ0v) is 15.4. The average molecular weight is 407 g/mol. The predicted molar refractivity (Wildman–Crippen MR) is 106 cm³/mol. The van der Waals surface area contributed by atoms with E-state index in [-0.39, 0.29) is 27.7 Å². The molecule has 0 bridgehead atoms. The molecule has 29 heavy (non-hydrogen) atoms. The van der Waals surface area contributed by atoms with Crippen molar-refractivity contribution in [1.29, 1.82) is 0 Å². The first kappa shape index (κ1) is 17.2. The smallest absolute Gasteiger partial charge is 0.262 e. The number of nitrogen functional groups attached to an aromatic ring is 1. The van der Waals surface area contributed by atoms with Crippen LogP contribution in [-0.4, -0.2) is 21.4 Å². The molecule has 5 rings (SSSR count). The third kappa shape index (κ3) is 2.54. The Morgan fingerprint density at radius 2 is 1.83 bits per heavy atom. The van der Waals surface area contributed by atoms with Crippen molar-refractivity contribution in [3.63, 3.8) is 0 Å². The lowest BCUT2D eigenvalue weighted by atomic mass is 10.1. The lowest BCUT2D eigenvalue weighted by molar-refractivity contribution is 0.0880. The van der Waals surface area contributed by atoms with Gasteiger partial charge in [-0.05, 0) is 30.3 Å². The van der Waals surface area contributed by atoms with Crippen LogP contribution >= 0.6 is 11.6 Å². The van der Waals surface area contributed by atoms with Crippen LogP contribution in [0.2, 0.25) is 5.02 Å². The van der Waals surface area contributed by atoms with Crippen molar-refractivity contribution in [3.8, 4) is 17.1 Å². The summed E-state index contributed by atoms with van der Waals surface area (Å²) >= 11 is 6.32. The first-order valence-corrected chi connectivity index (χ1v) is 8.89. The van der Waals surface area contributed by atoms with Crippen LogP contribution in [0.4, 0.5) is 5.82 Å². The van der Waals surface area contributed by atoms with Gasteiger partial charge in [0.15, 0.2) is 5.58 Å². The maximum atomic E-state index is 12.7. The summed E-state index contributed by atoms with van der Waals surface area (Å²) in [5.74, 6) is -1.16. The molecule has 0 saturated heterocycles. The summed E-state index contributed by atoms with van der Waals surface area (Å²) in [6.07, 6.45) is 0. The number of hydrogen-bond donors (Lipinski definition) is 2. The minimum Gasteiger partial charge on any atom is -0.436 e. The summed E-state index contributed by atoms with van der Waals surface area (Å²) < 4.78 is 6.86. The number of nitrogens with zero attached hydrogens (tertiary/aromatic N) is 2. The highest BCUT2D eigenvalue weighted by Crippen LogP contribution is 2.31. The molecular formula is C20H11ClN4O4. The lowest BCUT2D eigenvalue weighted by Gasteiger charge is -2.14. The van der Waals surface area contributed by atoms with Gasteiger partial charge in [0.2, 0.25) is 5.89 Å². The number of para-hydroxylation sites is 2. The van der Waals surface area contributed by atoms with E-state index in [1.165, 1.54) is 0 Å². The normalized spacial score (nSPS) is 13.0. The summed E-state index contributed by atoms with van der Waals surface area (Å²) in [7, 11) is 0. The Balaban J connectivity index is 1.73. The largest absolute Gasteiger partial charge is 0.436 e. The van der Waals surface area contributed by atoms with Gasteiger partial charge in [0.1, 0.15) is 11.3 Å². The molecule has 2 aromatic heterocycles. The number of nitrogens with one attached hydrogen (secondary N) is 1. The van der Waals surface area contributed by atoms with E-state index >= 15 is 0 Å². The number of pyridine rings is 1. The number of halogens is 1. The van der Waals surface area contributed by atoms with E-state index < -0.39 is 17.4 Å². The number of benzene rings is 2. The standard InChI is InChI=1S/C20H11ClN4O4/c21-11-6-5-9(20-23-12-3-1-2-4-14(12)29-20)7-13(11)25-15(26)8-10-16(17(25)22)19(28)24-18(10)27/h1-8H,22H2,(H,24,27,28). The quantitative estimate of drug-likeness (QED) is 0.494. The van der Waals surface area contributed by atoms with Crippen molar-refractivity contribution in [2.45, 2.75) is 0 Å². The van der Waals surface area contributed by atoms with E-state index in [2.05, 4.69) is 10.3 Å². The predicted octanol–water partition coefficient (Wildman–Crippen LogP) is 2.76. The number of amides is 2. The number of fused-ring (bicyclic) bond motifs is 2. The van der Waals surface area contributed by atoms with Gasteiger partial charge in [-0.1, -0.05) is 23.7 Å². The number of carbonyl (C=O) groups is 2. The Labute approximate surface area is 167 Å². The number of rotatable bonds is 2. The van der Waals surface area contributed by atoms with E-state index in [1.54, 1.807) is 24.3 Å². The highest BCUT2D eigenvalue weighted by Gasteiger charge is 2.32. The highest BCUT2D eigenvalue weighted by atomic mass is 35.5. The zero-order valence-electron chi connectivity index (χ0n) is 14.6. The van der Waals surface area contributed by atoms with Crippen molar-refractivity contribution in [2.24, 2.45) is 0 Å². The Morgan fingerprint density at radius 3 is 2.62 bits per heavy atom. The zero-order chi connectivity index (χ0) is 20.3. The van der Waals surface area contributed by atoms with Gasteiger partial charge in [-0.2, -0.15) is 0 Å². The SMILES string of the molecule is Nc1c2c(cc(=O)n1-c1cc(-c3nc4ccccc4o3)ccc1Cl)C(=O)NC2=O. The molecule has 9 heteroatoms. The molecular weight excluding hydrogens is 396 g/mol. The third-order valence-corrected chi connectivity index (χ3v) is 5.00. The second-order valence-corrected chi connectivity index (χ2v) is 6.84. The molecule has 2 amide bonds. The second kappa shape index (κ2) is 6.05. The molecule has 0 unspecified atom stereocenters. The van der Waals surface area contributed by atoms with Crippen LogP contribution in [-0.2, 0) is 0 Å². The number of anilines is 1. The van der Waals surface area contributed by atoms with Gasteiger partial charge < -0.3 is 10.2 Å². The molecule has 3 N–H and O–H groups in total. The number of oxazole rings is 1. The number of carbonyl (C=O) groups excluding carboxylic acids is 2. The van der Waals surface area contributed by atoms with Crippen LogP contribution < -0.4 is 16.6 Å². The Hall–Kier alpha value is -3.91. The average Bonchev–Trinajstić information content (AvgIpc) is 3.24. The fourth-order valence-corrected chi connectivity index (χ4v) is 3.54. The third-order valence-electron chi connectivity index (χ3n) is 4.68. The lowest BCUT2D eigenvalue weighted by Crippen LogP contribution is -2.24. The van der Waals surface area contributed by atoms with Crippen molar-refractivity contribution >= 4 is 40.3 Å². The van der Waals surface area contributed by atoms with Crippen LogP contribution in [0, 0.1) is 0 Å². The molecule has 1 aliphatic heterocycles. The topological polar surface area (TPSA) is 120 Å². The first-order valence-electron chi connectivity index (χ1n) is 8.51. The van der Waals surface area contributed by atoms with Crippen molar-refractivity contribution in [2.75, 3.05) is 5.73 Å². The molecule has 3 heterocycles. The number of imide groups is 1. The van der Waals surface area contributed by atoms with Gasteiger partial charge in [-0.15, -0.1) is 0 Å². The van der Waals surface area contributed by atoms with Gasteiger partial charge >= 0.3 is 0 Å². The Morgan fingerprint density at radius 1 is 1.03 bits per heavy atom. The fourth-order valence-electron chi connectivity index (χ4n) is 3.34. The minimum atomic E-state index is -0.664. The summed E-state index contributed by atoms with van der Waals surface area (Å²) in [4.78, 5) is 41.0. The molecule has 0 spiro atoms. The summed E-state index contributed by atoms with van der Waals surface area (Å²) in [6, 6.07) is 13.2. The molecule has 0 atom stereocenters. The molecule has 142 valence electrons.